The van der Waals surface area contributed by atoms with Crippen molar-refractivity contribution >= 4 is 0 Å². The topological polar surface area (TPSA) is 29.9 Å². The van der Waals surface area contributed by atoms with E-state index in [4.69, 9.17) is 5.10 Å². The number of hydrogen-bond donors (Lipinski definition) is 1. The third kappa shape index (κ3) is 3.73. The Kier molecular flexibility index (Phi) is 5.18. The lowest BCUT2D eigenvalue weighted by Gasteiger charge is -2.17. The summed E-state index contributed by atoms with van der Waals surface area (Å²) in [5, 5.41) is 8.13. The molecule has 0 amide bonds. The van der Waals surface area contributed by atoms with Gasteiger partial charge in [0.15, 0.2) is 0 Å². The third-order valence-electron chi connectivity index (χ3n) is 4.40. The van der Waals surface area contributed by atoms with E-state index in [2.05, 4.69) is 68.2 Å². The highest BCUT2D eigenvalue weighted by Crippen LogP contribution is 2.21. The molecule has 0 spiro atoms. The predicted octanol–water partition coefficient (Wildman–Crippen LogP) is 3.97. The molecule has 0 saturated heterocycles. The minimum absolute atomic E-state index is 0.310. The molecule has 1 N–H and O–H groups in total. The SMILES string of the molecule is CCC(C)n1ccc(CC(NC)c2ccc(C)c(C)c2)n1. The molecule has 2 rings (SSSR count). The van der Waals surface area contributed by atoms with Gasteiger partial charge in [-0.15, -0.1) is 0 Å². The molecule has 0 bridgehead atoms. The highest BCUT2D eigenvalue weighted by Gasteiger charge is 2.13. The maximum absolute atomic E-state index is 4.71. The van der Waals surface area contributed by atoms with Crippen molar-refractivity contribution in [1.82, 2.24) is 15.1 Å². The summed E-state index contributed by atoms with van der Waals surface area (Å²) < 4.78 is 2.07. The van der Waals surface area contributed by atoms with Crippen molar-refractivity contribution in [2.45, 2.75) is 52.6 Å². The van der Waals surface area contributed by atoms with Crippen LogP contribution in [0, 0.1) is 13.8 Å². The second-order valence-electron chi connectivity index (χ2n) is 5.93. The smallest absolute Gasteiger partial charge is 0.0643 e. The molecule has 114 valence electrons. The lowest BCUT2D eigenvalue weighted by molar-refractivity contribution is 0.469. The van der Waals surface area contributed by atoms with Gasteiger partial charge in [-0.3, -0.25) is 4.68 Å². The van der Waals surface area contributed by atoms with Crippen molar-refractivity contribution in [1.29, 1.82) is 0 Å². The van der Waals surface area contributed by atoms with Gasteiger partial charge in [-0.05, 0) is 57.0 Å². The molecule has 0 fully saturated rings. The number of rotatable bonds is 6. The van der Waals surface area contributed by atoms with Crippen molar-refractivity contribution in [3.63, 3.8) is 0 Å². The van der Waals surface area contributed by atoms with Crippen molar-refractivity contribution in [2.24, 2.45) is 0 Å². The van der Waals surface area contributed by atoms with Crippen LogP contribution in [0.2, 0.25) is 0 Å². The molecule has 0 aliphatic carbocycles. The molecule has 0 saturated carbocycles. The molecule has 0 radical (unpaired) electrons. The summed E-state index contributed by atoms with van der Waals surface area (Å²) in [5.41, 5.74) is 5.17. The molecule has 0 aliphatic heterocycles. The van der Waals surface area contributed by atoms with Gasteiger partial charge >= 0.3 is 0 Å². The van der Waals surface area contributed by atoms with Crippen LogP contribution in [0.1, 0.15) is 54.7 Å². The van der Waals surface area contributed by atoms with E-state index in [0.29, 0.717) is 12.1 Å². The molecular weight excluding hydrogens is 258 g/mol. The minimum atomic E-state index is 0.310. The maximum Gasteiger partial charge on any atom is 0.0643 e. The largest absolute Gasteiger partial charge is 0.313 e. The highest BCUT2D eigenvalue weighted by molar-refractivity contribution is 5.32. The van der Waals surface area contributed by atoms with Crippen LogP contribution in [0.25, 0.3) is 0 Å². The molecule has 3 heteroatoms. The van der Waals surface area contributed by atoms with Gasteiger partial charge in [0, 0.05) is 24.7 Å². The summed E-state index contributed by atoms with van der Waals surface area (Å²) in [5.74, 6) is 0. The summed E-state index contributed by atoms with van der Waals surface area (Å²) in [6.45, 7) is 8.72. The van der Waals surface area contributed by atoms with Crippen LogP contribution in [0.15, 0.2) is 30.5 Å². The van der Waals surface area contributed by atoms with Crippen molar-refractivity contribution in [3.05, 3.63) is 52.8 Å². The average Bonchev–Trinajstić information content (AvgIpc) is 2.95. The van der Waals surface area contributed by atoms with Gasteiger partial charge in [0.1, 0.15) is 0 Å². The Balaban J connectivity index is 2.15. The molecule has 2 atom stereocenters. The van der Waals surface area contributed by atoms with Crippen LogP contribution in [0.3, 0.4) is 0 Å². The molecule has 0 aliphatic rings. The summed E-state index contributed by atoms with van der Waals surface area (Å²) in [6, 6.07) is 9.61. The fraction of sp³-hybridized carbons (Fsp3) is 0.500. The Morgan fingerprint density at radius 1 is 1.19 bits per heavy atom. The Bertz CT molecular complexity index is 586. The van der Waals surface area contributed by atoms with E-state index in [-0.39, 0.29) is 0 Å². The van der Waals surface area contributed by atoms with Crippen LogP contribution < -0.4 is 5.32 Å². The summed E-state index contributed by atoms with van der Waals surface area (Å²) >= 11 is 0. The maximum atomic E-state index is 4.71. The molecule has 1 aromatic heterocycles. The van der Waals surface area contributed by atoms with Crippen LogP contribution in [-0.2, 0) is 6.42 Å². The first kappa shape index (κ1) is 15.8. The number of aryl methyl sites for hydroxylation is 2. The molecule has 2 unspecified atom stereocenters. The van der Waals surface area contributed by atoms with Crippen LogP contribution in [0.4, 0.5) is 0 Å². The molecule has 21 heavy (non-hydrogen) atoms. The minimum Gasteiger partial charge on any atom is -0.313 e. The standard InChI is InChI=1S/C18H27N3/c1-6-15(4)21-10-9-17(20-21)12-18(19-5)16-8-7-13(2)14(3)11-16/h7-11,15,18-19H,6,12H2,1-5H3. The van der Waals surface area contributed by atoms with Crippen molar-refractivity contribution in [2.75, 3.05) is 7.05 Å². The Morgan fingerprint density at radius 2 is 1.95 bits per heavy atom. The first-order chi connectivity index (χ1) is 10.0. The summed E-state index contributed by atoms with van der Waals surface area (Å²) in [4.78, 5) is 0. The molecule has 1 aromatic carbocycles. The number of aromatic nitrogens is 2. The van der Waals surface area contributed by atoms with E-state index in [0.717, 1.165) is 18.5 Å². The van der Waals surface area contributed by atoms with Crippen LogP contribution in [0.5, 0.6) is 0 Å². The molecular formula is C18H27N3. The normalized spacial score (nSPS) is 14.1. The lowest BCUT2D eigenvalue weighted by atomic mass is 9.98. The summed E-state index contributed by atoms with van der Waals surface area (Å²) in [6.07, 6.45) is 4.12. The number of nitrogens with zero attached hydrogens (tertiary/aromatic N) is 2. The zero-order chi connectivity index (χ0) is 15.4. The zero-order valence-electron chi connectivity index (χ0n) is 13.9. The van der Waals surface area contributed by atoms with Gasteiger partial charge in [0.25, 0.3) is 0 Å². The van der Waals surface area contributed by atoms with Crippen molar-refractivity contribution in [3.8, 4) is 0 Å². The van der Waals surface area contributed by atoms with Gasteiger partial charge in [-0.1, -0.05) is 25.1 Å². The second kappa shape index (κ2) is 6.90. The number of benzene rings is 1. The fourth-order valence-electron chi connectivity index (χ4n) is 2.50. The number of hydrogen-bond acceptors (Lipinski definition) is 2. The molecule has 3 nitrogen and oxygen atoms in total. The third-order valence-corrected chi connectivity index (χ3v) is 4.40. The first-order valence-corrected chi connectivity index (χ1v) is 7.83. The van der Waals surface area contributed by atoms with Gasteiger partial charge in [0.05, 0.1) is 5.69 Å². The van der Waals surface area contributed by atoms with Crippen LogP contribution >= 0.6 is 0 Å². The quantitative estimate of drug-likeness (QED) is 0.870. The van der Waals surface area contributed by atoms with E-state index >= 15 is 0 Å². The van der Waals surface area contributed by atoms with E-state index in [1.54, 1.807) is 0 Å². The monoisotopic (exact) mass is 285 g/mol. The number of likely N-dealkylation sites (N-methyl/N-ethyl adjacent to an activating group) is 1. The van der Waals surface area contributed by atoms with Crippen LogP contribution in [-0.4, -0.2) is 16.8 Å². The highest BCUT2D eigenvalue weighted by atomic mass is 15.3. The van der Waals surface area contributed by atoms with Gasteiger partial charge in [-0.25, -0.2) is 0 Å². The molecule has 1 heterocycles. The Labute approximate surface area is 128 Å². The van der Waals surface area contributed by atoms with E-state index in [1.165, 1.54) is 16.7 Å². The Morgan fingerprint density at radius 3 is 2.57 bits per heavy atom. The van der Waals surface area contributed by atoms with Gasteiger partial charge in [-0.2, -0.15) is 5.10 Å². The van der Waals surface area contributed by atoms with Crippen molar-refractivity contribution < 1.29 is 0 Å². The number of nitrogens with one attached hydrogen (secondary N) is 1. The average molecular weight is 285 g/mol. The van der Waals surface area contributed by atoms with Gasteiger partial charge < -0.3 is 5.32 Å². The fourth-order valence-corrected chi connectivity index (χ4v) is 2.50. The van der Waals surface area contributed by atoms with E-state index in [1.807, 2.05) is 7.05 Å². The second-order valence-corrected chi connectivity index (χ2v) is 5.93. The Hall–Kier alpha value is -1.61. The lowest BCUT2D eigenvalue weighted by Crippen LogP contribution is -2.19. The molecule has 2 aromatic rings. The predicted molar refractivity (Wildman–Crippen MR) is 88.6 cm³/mol. The van der Waals surface area contributed by atoms with E-state index in [9.17, 15) is 0 Å². The first-order valence-electron chi connectivity index (χ1n) is 7.83. The van der Waals surface area contributed by atoms with Gasteiger partial charge in [0.2, 0.25) is 0 Å². The zero-order valence-corrected chi connectivity index (χ0v) is 13.9. The van der Waals surface area contributed by atoms with E-state index < -0.39 is 0 Å². The summed E-state index contributed by atoms with van der Waals surface area (Å²) in [7, 11) is 2.02.